The maximum absolute atomic E-state index is 11.5. The van der Waals surface area contributed by atoms with Crippen LogP contribution in [0.15, 0.2) is 42.5 Å². The number of benzene rings is 3. The number of epoxide rings is 1. The molecule has 0 spiro atoms. The van der Waals surface area contributed by atoms with Crippen molar-refractivity contribution in [2.24, 2.45) is 0 Å². The maximum atomic E-state index is 11.5. The Hall–Kier alpha value is -2.46. The lowest BCUT2D eigenvalue weighted by molar-refractivity contribution is -0.571. The summed E-state index contributed by atoms with van der Waals surface area (Å²) in [5.74, 6) is 0. The standard InChI is InChI=1S/C16H9NO3/c18-17(19)16-12-7-6-10-3-1-2-9-4-5-11(8-13(16)20-16)15(12)14(9)10/h1-8,13H. The summed E-state index contributed by atoms with van der Waals surface area (Å²) in [6.45, 7) is 0. The van der Waals surface area contributed by atoms with E-state index < -0.39 is 11.8 Å². The van der Waals surface area contributed by atoms with E-state index >= 15 is 0 Å². The average Bonchev–Trinajstić information content (AvgIpc) is 3.20. The lowest BCUT2D eigenvalue weighted by atomic mass is 9.87. The molecular weight excluding hydrogens is 254 g/mol. The van der Waals surface area contributed by atoms with Gasteiger partial charge in [0.2, 0.25) is 0 Å². The fraction of sp³-hybridized carbons (Fsp3) is 0.125. The van der Waals surface area contributed by atoms with Gasteiger partial charge in [0.1, 0.15) is 0 Å². The van der Waals surface area contributed by atoms with Gasteiger partial charge >= 0.3 is 5.72 Å². The molecule has 0 radical (unpaired) electrons. The highest BCUT2D eigenvalue weighted by atomic mass is 16.7. The van der Waals surface area contributed by atoms with Crippen molar-refractivity contribution >= 4 is 27.6 Å². The molecule has 0 aromatic heterocycles. The van der Waals surface area contributed by atoms with Crippen LogP contribution in [0.3, 0.4) is 0 Å². The van der Waals surface area contributed by atoms with E-state index in [0.717, 1.165) is 26.8 Å². The van der Waals surface area contributed by atoms with E-state index in [2.05, 4.69) is 6.07 Å². The molecule has 0 amide bonds. The van der Waals surface area contributed by atoms with Crippen LogP contribution in [0.2, 0.25) is 0 Å². The van der Waals surface area contributed by atoms with Gasteiger partial charge in [0.25, 0.3) is 0 Å². The molecule has 5 rings (SSSR count). The molecule has 2 aliphatic rings. The zero-order chi connectivity index (χ0) is 13.5. The Balaban J connectivity index is 2.08. The van der Waals surface area contributed by atoms with Gasteiger partial charge in [0, 0.05) is 5.39 Å². The number of fused-ring (bicyclic) bond motifs is 2. The number of nitro groups is 1. The van der Waals surface area contributed by atoms with Gasteiger partial charge in [-0.3, -0.25) is 14.9 Å². The van der Waals surface area contributed by atoms with E-state index in [0.29, 0.717) is 5.56 Å². The van der Waals surface area contributed by atoms with Crippen LogP contribution in [0.4, 0.5) is 0 Å². The molecule has 0 saturated carbocycles. The van der Waals surface area contributed by atoms with Crippen molar-refractivity contribution in [3.63, 3.8) is 0 Å². The van der Waals surface area contributed by atoms with E-state index in [9.17, 15) is 10.1 Å². The fourth-order valence-electron chi connectivity index (χ4n) is 3.48. The number of hydrogen-bond donors (Lipinski definition) is 0. The third kappa shape index (κ3) is 0.959. The molecule has 3 aromatic carbocycles. The fourth-order valence-corrected chi connectivity index (χ4v) is 3.48. The van der Waals surface area contributed by atoms with Crippen molar-refractivity contribution in [2.75, 3.05) is 0 Å². The highest BCUT2D eigenvalue weighted by Crippen LogP contribution is 2.51. The van der Waals surface area contributed by atoms with Crippen LogP contribution in [0.5, 0.6) is 0 Å². The topological polar surface area (TPSA) is 55.7 Å². The summed E-state index contributed by atoms with van der Waals surface area (Å²) in [6, 6.07) is 14.0. The Bertz CT molecular complexity index is 962. The zero-order valence-electron chi connectivity index (χ0n) is 10.4. The predicted octanol–water partition coefficient (Wildman–Crippen LogP) is 2.33. The summed E-state index contributed by atoms with van der Waals surface area (Å²) in [5.41, 5.74) is -0.667. The third-order valence-electron chi connectivity index (χ3n) is 4.43. The molecule has 4 heteroatoms. The average molecular weight is 263 g/mol. The van der Waals surface area contributed by atoms with Crippen LogP contribution in [0.1, 0.15) is 5.56 Å². The van der Waals surface area contributed by atoms with Gasteiger partial charge in [0.05, 0.1) is 10.5 Å². The first kappa shape index (κ1) is 10.3. The van der Waals surface area contributed by atoms with Gasteiger partial charge in [-0.25, -0.2) is 0 Å². The largest absolute Gasteiger partial charge is 0.383 e. The van der Waals surface area contributed by atoms with Crippen LogP contribution in [-0.4, -0.2) is 11.0 Å². The van der Waals surface area contributed by atoms with Gasteiger partial charge in [-0.1, -0.05) is 36.4 Å². The first-order chi connectivity index (χ1) is 9.72. The quantitative estimate of drug-likeness (QED) is 0.384. The van der Waals surface area contributed by atoms with Crippen LogP contribution < -0.4 is 5.22 Å². The summed E-state index contributed by atoms with van der Waals surface area (Å²) in [4.78, 5) is 11.2. The molecule has 1 heterocycles. The summed E-state index contributed by atoms with van der Waals surface area (Å²) in [6.07, 6.45) is 1.43. The first-order valence-electron chi connectivity index (χ1n) is 6.50. The Labute approximate surface area is 113 Å². The molecule has 0 N–H and O–H groups in total. The lowest BCUT2D eigenvalue weighted by Crippen LogP contribution is -2.28. The predicted molar refractivity (Wildman–Crippen MR) is 74.7 cm³/mol. The molecular formula is C16H9NO3. The van der Waals surface area contributed by atoms with E-state index in [4.69, 9.17) is 4.74 Å². The number of ether oxygens (including phenoxy) is 1. The highest BCUT2D eigenvalue weighted by Gasteiger charge is 2.71. The highest BCUT2D eigenvalue weighted by molar-refractivity contribution is 6.12. The van der Waals surface area contributed by atoms with Crippen molar-refractivity contribution in [2.45, 2.75) is 11.8 Å². The molecule has 2 unspecified atom stereocenters. The number of rotatable bonds is 1. The summed E-state index contributed by atoms with van der Waals surface area (Å²) < 4.78 is 5.45. The Morgan fingerprint density at radius 1 is 1.05 bits per heavy atom. The molecule has 20 heavy (non-hydrogen) atoms. The van der Waals surface area contributed by atoms with Crippen LogP contribution >= 0.6 is 0 Å². The second kappa shape index (κ2) is 2.99. The Kier molecular flexibility index (Phi) is 1.55. The Morgan fingerprint density at radius 2 is 1.80 bits per heavy atom. The molecule has 96 valence electrons. The van der Waals surface area contributed by atoms with Gasteiger partial charge < -0.3 is 0 Å². The summed E-state index contributed by atoms with van der Waals surface area (Å²) in [5, 5.41) is 16.8. The zero-order valence-corrected chi connectivity index (χ0v) is 10.4. The van der Waals surface area contributed by atoms with Crippen LogP contribution in [0.25, 0.3) is 27.6 Å². The second-order valence-electron chi connectivity index (χ2n) is 5.38. The maximum Gasteiger partial charge on any atom is 0.383 e. The molecule has 1 aliphatic carbocycles. The van der Waals surface area contributed by atoms with E-state index in [1.54, 1.807) is 0 Å². The van der Waals surface area contributed by atoms with Gasteiger partial charge in [-0.05, 0) is 33.5 Å². The number of hydrogen-bond acceptors (Lipinski definition) is 3. The van der Waals surface area contributed by atoms with Crippen molar-refractivity contribution in [1.29, 1.82) is 0 Å². The molecule has 1 saturated heterocycles. The lowest BCUT2D eigenvalue weighted by Gasteiger charge is -2.15. The summed E-state index contributed by atoms with van der Waals surface area (Å²) in [7, 11) is 0. The molecule has 4 nitrogen and oxygen atoms in total. The Morgan fingerprint density at radius 3 is 2.55 bits per heavy atom. The van der Waals surface area contributed by atoms with Gasteiger partial charge in [-0.15, -0.1) is 0 Å². The second-order valence-corrected chi connectivity index (χ2v) is 5.38. The van der Waals surface area contributed by atoms with E-state index in [1.165, 1.54) is 0 Å². The minimum atomic E-state index is -1.36. The van der Waals surface area contributed by atoms with E-state index in [1.807, 2.05) is 42.5 Å². The van der Waals surface area contributed by atoms with Crippen LogP contribution in [0, 0.1) is 10.1 Å². The first-order valence-corrected chi connectivity index (χ1v) is 6.50. The number of nitrogens with zero attached hydrogens (tertiary/aromatic N) is 1. The van der Waals surface area contributed by atoms with Crippen molar-refractivity contribution in [3.05, 3.63) is 63.4 Å². The van der Waals surface area contributed by atoms with E-state index in [-0.39, 0.29) is 4.92 Å². The van der Waals surface area contributed by atoms with Crippen LogP contribution in [-0.2, 0) is 10.5 Å². The summed E-state index contributed by atoms with van der Waals surface area (Å²) >= 11 is 0. The van der Waals surface area contributed by atoms with Crippen molar-refractivity contribution < 1.29 is 9.66 Å². The third-order valence-corrected chi connectivity index (χ3v) is 4.43. The van der Waals surface area contributed by atoms with Gasteiger partial charge in [0.15, 0.2) is 6.10 Å². The monoisotopic (exact) mass is 263 g/mol. The van der Waals surface area contributed by atoms with Gasteiger partial charge in [-0.2, -0.15) is 0 Å². The SMILES string of the molecule is O=[N+]([O-])C12OC1C=c1ccc3cccc4ccc2c1c43. The van der Waals surface area contributed by atoms with Crippen molar-refractivity contribution in [3.8, 4) is 0 Å². The molecule has 0 bridgehead atoms. The molecule has 1 fully saturated rings. The molecule has 1 aliphatic heterocycles. The van der Waals surface area contributed by atoms with Crippen molar-refractivity contribution in [1.82, 2.24) is 0 Å². The normalized spacial score (nSPS) is 26.3. The minimum absolute atomic E-state index is 0.302. The molecule has 2 atom stereocenters. The minimum Gasteiger partial charge on any atom is -0.290 e. The smallest absolute Gasteiger partial charge is 0.290 e. The molecule has 3 aromatic rings.